The molecular weight excluding hydrogens is 341 g/mol. The van der Waals surface area contributed by atoms with E-state index in [1.165, 1.54) is 18.2 Å². The standard InChI is InChI=1S/C18H16FN3O2S/c19-17-6-2-1-4-16(17)13-25(23,24)22-11-14-7-8-18(21-10-14)15-5-3-9-20-12-15/h1-10,12,22H,11,13H2. The lowest BCUT2D eigenvalue weighted by Gasteiger charge is -2.08. The molecule has 0 saturated carbocycles. The van der Waals surface area contributed by atoms with E-state index in [4.69, 9.17) is 0 Å². The van der Waals surface area contributed by atoms with Gasteiger partial charge in [0.25, 0.3) is 0 Å². The number of benzene rings is 1. The lowest BCUT2D eigenvalue weighted by molar-refractivity contribution is 0.574. The maximum Gasteiger partial charge on any atom is 0.216 e. The Labute approximate surface area is 145 Å². The molecule has 0 radical (unpaired) electrons. The van der Waals surface area contributed by atoms with Crippen LogP contribution in [0.1, 0.15) is 11.1 Å². The molecule has 0 aliphatic carbocycles. The summed E-state index contributed by atoms with van der Waals surface area (Å²) < 4.78 is 40.3. The van der Waals surface area contributed by atoms with Crippen LogP contribution in [0.5, 0.6) is 0 Å². The van der Waals surface area contributed by atoms with Crippen LogP contribution < -0.4 is 4.72 Å². The SMILES string of the molecule is O=S(=O)(Cc1ccccc1F)NCc1ccc(-c2cccnc2)nc1. The maximum absolute atomic E-state index is 13.6. The van der Waals surface area contributed by atoms with Crippen LogP contribution in [0.25, 0.3) is 11.3 Å². The van der Waals surface area contributed by atoms with E-state index in [0.29, 0.717) is 5.56 Å². The van der Waals surface area contributed by atoms with Gasteiger partial charge in [0.05, 0.1) is 11.4 Å². The molecule has 3 rings (SSSR count). The van der Waals surface area contributed by atoms with Crippen molar-refractivity contribution in [3.05, 3.63) is 84.1 Å². The minimum absolute atomic E-state index is 0.0944. The van der Waals surface area contributed by atoms with Crippen LogP contribution in [0.2, 0.25) is 0 Å². The fourth-order valence-corrected chi connectivity index (χ4v) is 3.41. The molecule has 2 aromatic heterocycles. The molecule has 0 atom stereocenters. The Balaban J connectivity index is 1.64. The lowest BCUT2D eigenvalue weighted by atomic mass is 10.1. The maximum atomic E-state index is 13.6. The molecule has 2 heterocycles. The van der Waals surface area contributed by atoms with Crippen molar-refractivity contribution in [2.45, 2.75) is 12.3 Å². The van der Waals surface area contributed by atoms with Gasteiger partial charge in [-0.2, -0.15) is 0 Å². The van der Waals surface area contributed by atoms with E-state index < -0.39 is 21.6 Å². The third kappa shape index (κ3) is 4.68. The van der Waals surface area contributed by atoms with Crippen LogP contribution >= 0.6 is 0 Å². The summed E-state index contributed by atoms with van der Waals surface area (Å²) >= 11 is 0. The molecule has 0 spiro atoms. The molecule has 0 bridgehead atoms. The van der Waals surface area contributed by atoms with Crippen LogP contribution in [0.15, 0.2) is 67.1 Å². The van der Waals surface area contributed by atoms with Gasteiger partial charge in [0.15, 0.2) is 0 Å². The van der Waals surface area contributed by atoms with Crippen molar-refractivity contribution in [3.8, 4) is 11.3 Å². The largest absolute Gasteiger partial charge is 0.264 e. The van der Waals surface area contributed by atoms with Crippen LogP contribution in [0, 0.1) is 5.82 Å². The molecule has 0 unspecified atom stereocenters. The molecule has 0 aliphatic rings. The van der Waals surface area contributed by atoms with Gasteiger partial charge in [-0.05, 0) is 29.8 Å². The minimum Gasteiger partial charge on any atom is -0.264 e. The number of rotatable bonds is 6. The van der Waals surface area contributed by atoms with E-state index in [9.17, 15) is 12.8 Å². The molecule has 5 nitrogen and oxygen atoms in total. The van der Waals surface area contributed by atoms with Crippen molar-refractivity contribution >= 4 is 10.0 Å². The summed E-state index contributed by atoms with van der Waals surface area (Å²) in [7, 11) is -3.65. The molecule has 128 valence electrons. The molecule has 0 amide bonds. The molecule has 0 aliphatic heterocycles. The summed E-state index contributed by atoms with van der Waals surface area (Å²) in [6, 6.07) is 13.1. The van der Waals surface area contributed by atoms with E-state index in [0.717, 1.165) is 11.3 Å². The Bertz CT molecular complexity index is 946. The number of pyridine rings is 2. The quantitative estimate of drug-likeness (QED) is 0.736. The second-order valence-electron chi connectivity index (χ2n) is 5.46. The summed E-state index contributed by atoms with van der Waals surface area (Å²) in [4.78, 5) is 8.35. The molecule has 25 heavy (non-hydrogen) atoms. The Morgan fingerprint density at radius 3 is 2.52 bits per heavy atom. The average Bonchev–Trinajstić information content (AvgIpc) is 2.63. The molecular formula is C18H16FN3O2S. The van der Waals surface area contributed by atoms with Crippen LogP contribution in [0.3, 0.4) is 0 Å². The van der Waals surface area contributed by atoms with Gasteiger partial charge < -0.3 is 0 Å². The lowest BCUT2D eigenvalue weighted by Crippen LogP contribution is -2.25. The highest BCUT2D eigenvalue weighted by atomic mass is 32.2. The van der Waals surface area contributed by atoms with Crippen LogP contribution in [-0.2, 0) is 22.3 Å². The first-order valence-electron chi connectivity index (χ1n) is 7.59. The molecule has 1 N–H and O–H groups in total. The Morgan fingerprint density at radius 2 is 1.84 bits per heavy atom. The van der Waals surface area contributed by atoms with Crippen LogP contribution in [0.4, 0.5) is 4.39 Å². The predicted octanol–water partition coefficient (Wildman–Crippen LogP) is 2.90. The Morgan fingerprint density at radius 1 is 1.00 bits per heavy atom. The number of nitrogens with zero attached hydrogens (tertiary/aromatic N) is 2. The van der Waals surface area contributed by atoms with Gasteiger partial charge in [0.2, 0.25) is 10.0 Å². The zero-order valence-electron chi connectivity index (χ0n) is 13.3. The van der Waals surface area contributed by atoms with Gasteiger partial charge >= 0.3 is 0 Å². The van der Waals surface area contributed by atoms with E-state index in [2.05, 4.69) is 14.7 Å². The highest BCUT2D eigenvalue weighted by Crippen LogP contribution is 2.15. The summed E-state index contributed by atoms with van der Waals surface area (Å²) in [6.45, 7) is 0.0944. The van der Waals surface area contributed by atoms with Crippen molar-refractivity contribution < 1.29 is 12.8 Å². The third-order valence-corrected chi connectivity index (χ3v) is 4.86. The normalized spacial score (nSPS) is 11.4. The van der Waals surface area contributed by atoms with Gasteiger partial charge in [0.1, 0.15) is 5.82 Å². The molecule has 3 aromatic rings. The van der Waals surface area contributed by atoms with Gasteiger partial charge in [-0.1, -0.05) is 24.3 Å². The number of hydrogen-bond donors (Lipinski definition) is 1. The van der Waals surface area contributed by atoms with E-state index >= 15 is 0 Å². The van der Waals surface area contributed by atoms with Crippen molar-refractivity contribution in [2.24, 2.45) is 0 Å². The van der Waals surface area contributed by atoms with Gasteiger partial charge in [-0.25, -0.2) is 17.5 Å². The van der Waals surface area contributed by atoms with E-state index in [-0.39, 0.29) is 12.1 Å². The summed E-state index contributed by atoms with van der Waals surface area (Å²) in [5.41, 5.74) is 2.49. The van der Waals surface area contributed by atoms with Crippen molar-refractivity contribution in [1.29, 1.82) is 0 Å². The van der Waals surface area contributed by atoms with Gasteiger partial charge in [-0.15, -0.1) is 0 Å². The number of nitrogens with one attached hydrogen (secondary N) is 1. The second-order valence-corrected chi connectivity index (χ2v) is 7.27. The topological polar surface area (TPSA) is 72.0 Å². The number of hydrogen-bond acceptors (Lipinski definition) is 4. The first-order chi connectivity index (χ1) is 12.0. The van der Waals surface area contributed by atoms with Gasteiger partial charge in [0, 0.05) is 36.3 Å². The number of aromatic nitrogens is 2. The second kappa shape index (κ2) is 7.50. The molecule has 1 aromatic carbocycles. The Hall–Kier alpha value is -2.64. The molecule has 0 saturated heterocycles. The van der Waals surface area contributed by atoms with Crippen molar-refractivity contribution in [1.82, 2.24) is 14.7 Å². The fraction of sp³-hybridized carbons (Fsp3) is 0.111. The van der Waals surface area contributed by atoms with E-state index in [1.807, 2.05) is 12.1 Å². The molecule has 7 heteroatoms. The third-order valence-electron chi connectivity index (χ3n) is 3.58. The van der Waals surface area contributed by atoms with Crippen molar-refractivity contribution in [3.63, 3.8) is 0 Å². The summed E-state index contributed by atoms with van der Waals surface area (Å²) in [5, 5.41) is 0. The molecule has 0 fully saturated rings. The van der Waals surface area contributed by atoms with Crippen molar-refractivity contribution in [2.75, 3.05) is 0 Å². The van der Waals surface area contributed by atoms with E-state index in [1.54, 1.807) is 36.8 Å². The summed E-state index contributed by atoms with van der Waals surface area (Å²) in [5.74, 6) is -0.934. The smallest absolute Gasteiger partial charge is 0.216 e. The highest BCUT2D eigenvalue weighted by molar-refractivity contribution is 7.88. The fourth-order valence-electron chi connectivity index (χ4n) is 2.28. The Kier molecular flexibility index (Phi) is 5.16. The monoisotopic (exact) mass is 357 g/mol. The van der Waals surface area contributed by atoms with Gasteiger partial charge in [-0.3, -0.25) is 9.97 Å². The van der Waals surface area contributed by atoms with Crippen LogP contribution in [-0.4, -0.2) is 18.4 Å². The number of halogens is 1. The zero-order chi connectivity index (χ0) is 17.7. The summed E-state index contributed by atoms with van der Waals surface area (Å²) in [6.07, 6.45) is 5.00. The highest BCUT2D eigenvalue weighted by Gasteiger charge is 2.14. The first kappa shape index (κ1) is 17.2. The predicted molar refractivity (Wildman–Crippen MR) is 93.3 cm³/mol. The zero-order valence-corrected chi connectivity index (χ0v) is 14.1. The minimum atomic E-state index is -3.65. The average molecular weight is 357 g/mol. The number of sulfonamides is 1. The first-order valence-corrected chi connectivity index (χ1v) is 9.25.